The number of nitrogens with one attached hydrogen (secondary N) is 1. The van der Waals surface area contributed by atoms with E-state index in [0.717, 1.165) is 24.5 Å². The SMILES string of the molecule is Cc1ccc(NCC2(C)CO2)c(Cl)n1. The molecule has 1 atom stereocenters. The molecule has 0 saturated carbocycles. The Labute approximate surface area is 88.4 Å². The molecule has 1 N–H and O–H groups in total. The molecule has 1 aliphatic heterocycles. The molecule has 4 heteroatoms. The maximum absolute atomic E-state index is 5.96. The molecule has 1 fully saturated rings. The topological polar surface area (TPSA) is 37.5 Å². The van der Waals surface area contributed by atoms with Gasteiger partial charge in [-0.3, -0.25) is 0 Å². The van der Waals surface area contributed by atoms with Crippen LogP contribution in [0.3, 0.4) is 0 Å². The van der Waals surface area contributed by atoms with Gasteiger partial charge >= 0.3 is 0 Å². The summed E-state index contributed by atoms with van der Waals surface area (Å²) in [4.78, 5) is 4.16. The van der Waals surface area contributed by atoms with Crippen LogP contribution in [-0.2, 0) is 4.74 Å². The molecule has 14 heavy (non-hydrogen) atoms. The Kier molecular flexibility index (Phi) is 2.37. The zero-order valence-electron chi connectivity index (χ0n) is 8.30. The second kappa shape index (κ2) is 3.41. The quantitative estimate of drug-likeness (QED) is 0.617. The second-order valence-electron chi connectivity index (χ2n) is 3.88. The summed E-state index contributed by atoms with van der Waals surface area (Å²) in [6.45, 7) is 5.57. The van der Waals surface area contributed by atoms with Gasteiger partial charge in [-0.1, -0.05) is 11.6 Å². The number of ether oxygens (including phenoxy) is 1. The van der Waals surface area contributed by atoms with Crippen LogP contribution in [0.4, 0.5) is 5.69 Å². The Bertz CT molecular complexity index is 350. The van der Waals surface area contributed by atoms with Gasteiger partial charge in [0.1, 0.15) is 5.60 Å². The van der Waals surface area contributed by atoms with Crippen LogP contribution in [0.5, 0.6) is 0 Å². The smallest absolute Gasteiger partial charge is 0.152 e. The van der Waals surface area contributed by atoms with E-state index >= 15 is 0 Å². The number of pyridine rings is 1. The van der Waals surface area contributed by atoms with E-state index in [-0.39, 0.29) is 5.60 Å². The number of nitrogens with zero attached hydrogens (tertiary/aromatic N) is 1. The van der Waals surface area contributed by atoms with Crippen LogP contribution < -0.4 is 5.32 Å². The average Bonchev–Trinajstić information content (AvgIpc) is 2.83. The molecule has 76 valence electrons. The van der Waals surface area contributed by atoms with Crippen LogP contribution in [0.15, 0.2) is 12.1 Å². The van der Waals surface area contributed by atoms with Crippen molar-refractivity contribution in [2.75, 3.05) is 18.5 Å². The van der Waals surface area contributed by atoms with E-state index in [1.165, 1.54) is 0 Å². The fourth-order valence-corrected chi connectivity index (χ4v) is 1.43. The van der Waals surface area contributed by atoms with Gasteiger partial charge in [-0.2, -0.15) is 0 Å². The first-order valence-electron chi connectivity index (χ1n) is 4.60. The third kappa shape index (κ3) is 2.16. The van der Waals surface area contributed by atoms with Crippen LogP contribution in [0, 0.1) is 6.92 Å². The minimum Gasteiger partial charge on any atom is -0.380 e. The lowest BCUT2D eigenvalue weighted by atomic mass is 10.2. The molecular weight excluding hydrogens is 200 g/mol. The van der Waals surface area contributed by atoms with Crippen LogP contribution >= 0.6 is 11.6 Å². The highest BCUT2D eigenvalue weighted by Gasteiger charge is 2.38. The Morgan fingerprint density at radius 1 is 1.64 bits per heavy atom. The normalized spacial score (nSPS) is 24.8. The molecular formula is C10H13ClN2O. The van der Waals surface area contributed by atoms with Gasteiger partial charge in [0.2, 0.25) is 0 Å². The van der Waals surface area contributed by atoms with Crippen molar-refractivity contribution in [1.82, 2.24) is 4.98 Å². The van der Waals surface area contributed by atoms with Gasteiger partial charge in [0.05, 0.1) is 12.3 Å². The number of rotatable bonds is 3. The maximum Gasteiger partial charge on any atom is 0.152 e. The lowest BCUT2D eigenvalue weighted by Crippen LogP contribution is -2.19. The molecule has 1 aliphatic rings. The average molecular weight is 213 g/mol. The fourth-order valence-electron chi connectivity index (χ4n) is 1.16. The molecule has 2 heterocycles. The first-order valence-corrected chi connectivity index (χ1v) is 4.98. The molecule has 0 radical (unpaired) electrons. The van der Waals surface area contributed by atoms with Crippen molar-refractivity contribution in [1.29, 1.82) is 0 Å². The molecule has 0 bridgehead atoms. The standard InChI is InChI=1S/C10H13ClN2O/c1-7-3-4-8(9(11)13-7)12-5-10(2)6-14-10/h3-4,12H,5-6H2,1-2H3. The van der Waals surface area contributed by atoms with Gasteiger partial charge < -0.3 is 10.1 Å². The van der Waals surface area contributed by atoms with Crippen molar-refractivity contribution >= 4 is 17.3 Å². The number of aryl methyl sites for hydroxylation is 1. The van der Waals surface area contributed by atoms with Gasteiger partial charge in [0, 0.05) is 12.2 Å². The van der Waals surface area contributed by atoms with Gasteiger partial charge in [-0.25, -0.2) is 4.98 Å². The summed E-state index contributed by atoms with van der Waals surface area (Å²) in [7, 11) is 0. The van der Waals surface area contributed by atoms with Crippen molar-refractivity contribution in [2.45, 2.75) is 19.4 Å². The predicted octanol–water partition coefficient (Wildman–Crippen LogP) is 2.24. The number of hydrogen-bond acceptors (Lipinski definition) is 3. The van der Waals surface area contributed by atoms with E-state index in [4.69, 9.17) is 16.3 Å². The van der Waals surface area contributed by atoms with Crippen molar-refractivity contribution in [3.8, 4) is 0 Å². The predicted molar refractivity (Wildman–Crippen MR) is 56.8 cm³/mol. The first-order chi connectivity index (χ1) is 6.59. The summed E-state index contributed by atoms with van der Waals surface area (Å²) < 4.78 is 5.26. The van der Waals surface area contributed by atoms with E-state index < -0.39 is 0 Å². The van der Waals surface area contributed by atoms with Gasteiger partial charge in [-0.05, 0) is 26.0 Å². The van der Waals surface area contributed by atoms with Crippen LogP contribution in [0.2, 0.25) is 5.15 Å². The summed E-state index contributed by atoms with van der Waals surface area (Å²) in [6, 6.07) is 3.88. The zero-order valence-corrected chi connectivity index (χ0v) is 9.06. The third-order valence-corrected chi connectivity index (χ3v) is 2.57. The summed E-state index contributed by atoms with van der Waals surface area (Å²) in [5.74, 6) is 0. The lowest BCUT2D eigenvalue weighted by Gasteiger charge is -2.10. The van der Waals surface area contributed by atoms with Crippen LogP contribution in [-0.4, -0.2) is 23.7 Å². The number of anilines is 1. The van der Waals surface area contributed by atoms with Crippen molar-refractivity contribution in [2.24, 2.45) is 0 Å². The van der Waals surface area contributed by atoms with Crippen molar-refractivity contribution in [3.63, 3.8) is 0 Å². The Morgan fingerprint density at radius 3 is 2.93 bits per heavy atom. The maximum atomic E-state index is 5.96. The van der Waals surface area contributed by atoms with E-state index in [9.17, 15) is 0 Å². The largest absolute Gasteiger partial charge is 0.380 e. The monoisotopic (exact) mass is 212 g/mol. The van der Waals surface area contributed by atoms with Gasteiger partial charge in [0.25, 0.3) is 0 Å². The molecule has 0 amide bonds. The van der Waals surface area contributed by atoms with Crippen molar-refractivity contribution in [3.05, 3.63) is 23.0 Å². The highest BCUT2D eigenvalue weighted by atomic mass is 35.5. The number of hydrogen-bond donors (Lipinski definition) is 1. The molecule has 1 aromatic rings. The van der Waals surface area contributed by atoms with Crippen LogP contribution in [0.1, 0.15) is 12.6 Å². The number of epoxide rings is 1. The molecule has 0 aromatic carbocycles. The minimum absolute atomic E-state index is 0.00574. The van der Waals surface area contributed by atoms with Crippen molar-refractivity contribution < 1.29 is 4.74 Å². The summed E-state index contributed by atoms with van der Waals surface area (Å²) in [6.07, 6.45) is 0. The molecule has 2 rings (SSSR count). The van der Waals surface area contributed by atoms with Crippen LogP contribution in [0.25, 0.3) is 0 Å². The molecule has 1 aromatic heterocycles. The Hall–Kier alpha value is -0.800. The summed E-state index contributed by atoms with van der Waals surface area (Å²) in [5.41, 5.74) is 1.79. The molecule has 3 nitrogen and oxygen atoms in total. The highest BCUT2D eigenvalue weighted by molar-refractivity contribution is 6.32. The minimum atomic E-state index is -0.00574. The molecule has 1 unspecified atom stereocenters. The Balaban J connectivity index is 2.02. The lowest BCUT2D eigenvalue weighted by molar-refractivity contribution is 0.335. The first kappa shape index (κ1) is 9.74. The highest BCUT2D eigenvalue weighted by Crippen LogP contribution is 2.27. The molecule has 1 saturated heterocycles. The number of halogens is 1. The molecule has 0 spiro atoms. The summed E-state index contributed by atoms with van der Waals surface area (Å²) >= 11 is 5.96. The van der Waals surface area contributed by atoms with Gasteiger partial charge in [0.15, 0.2) is 5.15 Å². The van der Waals surface area contributed by atoms with E-state index in [1.54, 1.807) is 0 Å². The molecule has 0 aliphatic carbocycles. The van der Waals surface area contributed by atoms with E-state index in [1.807, 2.05) is 19.1 Å². The van der Waals surface area contributed by atoms with Gasteiger partial charge in [-0.15, -0.1) is 0 Å². The van der Waals surface area contributed by atoms with E-state index in [2.05, 4.69) is 17.2 Å². The third-order valence-electron chi connectivity index (χ3n) is 2.28. The zero-order chi connectivity index (χ0) is 10.2. The van der Waals surface area contributed by atoms with E-state index in [0.29, 0.717) is 5.15 Å². The summed E-state index contributed by atoms with van der Waals surface area (Å²) in [5, 5.41) is 3.75. The second-order valence-corrected chi connectivity index (χ2v) is 4.24. The number of aromatic nitrogens is 1. The fraction of sp³-hybridized carbons (Fsp3) is 0.500. The Morgan fingerprint density at radius 2 is 2.36 bits per heavy atom.